The van der Waals surface area contributed by atoms with Crippen LogP contribution >= 0.6 is 0 Å². The number of ether oxygens (including phenoxy) is 1. The molecule has 0 bridgehead atoms. The molecule has 0 fully saturated rings. The summed E-state index contributed by atoms with van der Waals surface area (Å²) in [4.78, 5) is 16.4. The van der Waals surface area contributed by atoms with Crippen molar-refractivity contribution in [2.75, 3.05) is 19.8 Å². The van der Waals surface area contributed by atoms with Gasteiger partial charge in [0.2, 0.25) is 0 Å². The lowest BCUT2D eigenvalue weighted by Gasteiger charge is -2.22. The summed E-state index contributed by atoms with van der Waals surface area (Å²) in [6, 6.07) is 1.62. The highest BCUT2D eigenvalue weighted by atomic mass is 16.5. The summed E-state index contributed by atoms with van der Waals surface area (Å²) >= 11 is 0. The number of nitrogens with two attached hydrogens (primary N) is 1. The highest BCUT2D eigenvalue weighted by Gasteiger charge is 2.18. The fourth-order valence-electron chi connectivity index (χ4n) is 1.73. The van der Waals surface area contributed by atoms with Crippen LogP contribution in [-0.2, 0) is 4.74 Å². The molecule has 0 aromatic carbocycles. The number of aromatic nitrogens is 1. The molecule has 1 aromatic rings. The molecule has 0 aliphatic rings. The van der Waals surface area contributed by atoms with E-state index in [1.165, 1.54) is 0 Å². The molecule has 3 N–H and O–H groups in total. The second kappa shape index (κ2) is 9.11. The smallest absolute Gasteiger partial charge is 0.252 e. The summed E-state index contributed by atoms with van der Waals surface area (Å²) in [6.07, 6.45) is 3.15. The molecule has 5 heteroatoms. The van der Waals surface area contributed by atoms with E-state index in [0.29, 0.717) is 24.3 Å². The number of nitrogens with zero attached hydrogens (tertiary/aromatic N) is 1. The van der Waals surface area contributed by atoms with Gasteiger partial charge in [0.15, 0.2) is 0 Å². The van der Waals surface area contributed by atoms with Crippen LogP contribution in [0.4, 0.5) is 0 Å². The number of pyridine rings is 1. The van der Waals surface area contributed by atoms with Crippen molar-refractivity contribution in [1.82, 2.24) is 10.3 Å². The van der Waals surface area contributed by atoms with E-state index in [1.54, 1.807) is 18.5 Å². The van der Waals surface area contributed by atoms with Gasteiger partial charge in [0.25, 0.3) is 5.91 Å². The van der Waals surface area contributed by atoms with Crippen molar-refractivity contribution in [3.8, 4) is 11.8 Å². The van der Waals surface area contributed by atoms with Gasteiger partial charge in [-0.15, -0.1) is 0 Å². The van der Waals surface area contributed by atoms with Crippen LogP contribution in [0.1, 0.15) is 36.7 Å². The molecule has 1 unspecified atom stereocenters. The standard InChI is InChI=1S/C16H23N3O2/c1-4-21-11-15(12(2)3)19-16(20)14-7-9-18-10-13(14)6-5-8-17/h7,9-10,12,15H,4,8,11,17H2,1-3H3,(H,19,20). The first-order valence-corrected chi connectivity index (χ1v) is 7.11. The summed E-state index contributed by atoms with van der Waals surface area (Å²) in [7, 11) is 0. The molecule has 0 saturated carbocycles. The number of carbonyl (C=O) groups is 1. The van der Waals surface area contributed by atoms with Crippen LogP contribution in [0.15, 0.2) is 18.5 Å². The first-order chi connectivity index (χ1) is 10.1. The van der Waals surface area contributed by atoms with Gasteiger partial charge in [-0.25, -0.2) is 0 Å². The van der Waals surface area contributed by atoms with E-state index in [-0.39, 0.29) is 24.4 Å². The average Bonchev–Trinajstić information content (AvgIpc) is 2.49. The highest BCUT2D eigenvalue weighted by Crippen LogP contribution is 2.08. The van der Waals surface area contributed by atoms with Crippen LogP contribution in [0, 0.1) is 17.8 Å². The zero-order valence-electron chi connectivity index (χ0n) is 12.8. The third-order valence-corrected chi connectivity index (χ3v) is 3.01. The maximum Gasteiger partial charge on any atom is 0.252 e. The maximum absolute atomic E-state index is 12.4. The lowest BCUT2D eigenvalue weighted by atomic mass is 10.0. The molecule has 0 aliphatic heterocycles. The Kier molecular flexibility index (Phi) is 7.44. The van der Waals surface area contributed by atoms with Crippen molar-refractivity contribution >= 4 is 5.91 Å². The Bertz CT molecular complexity index is 518. The van der Waals surface area contributed by atoms with Gasteiger partial charge < -0.3 is 15.8 Å². The quantitative estimate of drug-likeness (QED) is 0.771. The molecule has 0 radical (unpaired) electrons. The van der Waals surface area contributed by atoms with Gasteiger partial charge in [-0.05, 0) is 18.9 Å². The van der Waals surface area contributed by atoms with Crippen LogP contribution in [0.5, 0.6) is 0 Å². The van der Waals surface area contributed by atoms with E-state index in [1.807, 2.05) is 20.8 Å². The minimum absolute atomic E-state index is 0.0408. The third kappa shape index (κ3) is 5.54. The van der Waals surface area contributed by atoms with Crippen LogP contribution in [-0.4, -0.2) is 36.7 Å². The Morgan fingerprint density at radius 1 is 1.52 bits per heavy atom. The van der Waals surface area contributed by atoms with Crippen LogP contribution in [0.3, 0.4) is 0 Å². The van der Waals surface area contributed by atoms with E-state index in [4.69, 9.17) is 10.5 Å². The molecule has 1 aromatic heterocycles. The van der Waals surface area contributed by atoms with Gasteiger partial charge in [0.05, 0.1) is 30.3 Å². The monoisotopic (exact) mass is 289 g/mol. The Morgan fingerprint density at radius 2 is 2.29 bits per heavy atom. The summed E-state index contributed by atoms with van der Waals surface area (Å²) in [5.41, 5.74) is 6.46. The molecule has 5 nitrogen and oxygen atoms in total. The van der Waals surface area contributed by atoms with Crippen molar-refractivity contribution in [3.05, 3.63) is 29.6 Å². The number of hydrogen-bond donors (Lipinski definition) is 2. The molecule has 1 heterocycles. The zero-order chi connectivity index (χ0) is 15.7. The summed E-state index contributed by atoms with van der Waals surface area (Å²) < 4.78 is 5.42. The minimum atomic E-state index is -0.169. The van der Waals surface area contributed by atoms with Crippen molar-refractivity contribution in [3.63, 3.8) is 0 Å². The molecule has 1 rings (SSSR count). The van der Waals surface area contributed by atoms with Gasteiger partial charge in [0, 0.05) is 19.0 Å². The molecule has 0 saturated heterocycles. The molecule has 114 valence electrons. The highest BCUT2D eigenvalue weighted by molar-refractivity contribution is 5.96. The van der Waals surface area contributed by atoms with Crippen LogP contribution < -0.4 is 11.1 Å². The first kappa shape index (κ1) is 17.2. The second-order valence-electron chi connectivity index (χ2n) is 4.91. The Hall–Kier alpha value is -1.90. The number of hydrogen-bond acceptors (Lipinski definition) is 4. The van der Waals surface area contributed by atoms with Gasteiger partial charge in [0.1, 0.15) is 0 Å². The maximum atomic E-state index is 12.4. The lowest BCUT2D eigenvalue weighted by Crippen LogP contribution is -2.42. The molecular weight excluding hydrogens is 266 g/mol. The van der Waals surface area contributed by atoms with Crippen LogP contribution in [0.2, 0.25) is 0 Å². The lowest BCUT2D eigenvalue weighted by molar-refractivity contribution is 0.0806. The van der Waals surface area contributed by atoms with Gasteiger partial charge >= 0.3 is 0 Å². The van der Waals surface area contributed by atoms with Crippen molar-refractivity contribution in [1.29, 1.82) is 0 Å². The number of rotatable bonds is 6. The van der Waals surface area contributed by atoms with Crippen molar-refractivity contribution < 1.29 is 9.53 Å². The van der Waals surface area contributed by atoms with E-state index >= 15 is 0 Å². The predicted molar refractivity (Wildman–Crippen MR) is 82.8 cm³/mol. The SMILES string of the molecule is CCOCC(NC(=O)c1ccncc1C#CCN)C(C)C. The second-order valence-corrected chi connectivity index (χ2v) is 4.91. The molecule has 1 atom stereocenters. The van der Waals surface area contributed by atoms with E-state index in [2.05, 4.69) is 22.1 Å². The molecule has 0 aliphatic carbocycles. The summed E-state index contributed by atoms with van der Waals surface area (Å²) in [5.74, 6) is 5.72. The molecule has 1 amide bonds. The van der Waals surface area contributed by atoms with Crippen molar-refractivity contribution in [2.24, 2.45) is 11.7 Å². The van der Waals surface area contributed by atoms with Gasteiger partial charge in [-0.2, -0.15) is 0 Å². The summed E-state index contributed by atoms with van der Waals surface area (Å²) in [6.45, 7) is 7.39. The Morgan fingerprint density at radius 3 is 2.90 bits per heavy atom. The normalized spacial score (nSPS) is 11.7. The number of nitrogens with one attached hydrogen (secondary N) is 1. The molecular formula is C16H23N3O2. The van der Waals surface area contributed by atoms with Crippen molar-refractivity contribution in [2.45, 2.75) is 26.8 Å². The largest absolute Gasteiger partial charge is 0.380 e. The summed E-state index contributed by atoms with van der Waals surface area (Å²) in [5, 5.41) is 2.99. The molecule has 21 heavy (non-hydrogen) atoms. The predicted octanol–water partition coefficient (Wildman–Crippen LogP) is 1.18. The fourth-order valence-corrected chi connectivity index (χ4v) is 1.73. The topological polar surface area (TPSA) is 77.2 Å². The van der Waals surface area contributed by atoms with E-state index in [0.717, 1.165) is 0 Å². The van der Waals surface area contributed by atoms with Gasteiger partial charge in [-0.1, -0.05) is 25.7 Å². The zero-order valence-corrected chi connectivity index (χ0v) is 12.8. The van der Waals surface area contributed by atoms with E-state index < -0.39 is 0 Å². The van der Waals surface area contributed by atoms with Gasteiger partial charge in [-0.3, -0.25) is 9.78 Å². The molecule has 0 spiro atoms. The Labute approximate surface area is 126 Å². The average molecular weight is 289 g/mol. The minimum Gasteiger partial charge on any atom is -0.380 e. The fraction of sp³-hybridized carbons (Fsp3) is 0.500. The number of carbonyl (C=O) groups excluding carboxylic acids is 1. The third-order valence-electron chi connectivity index (χ3n) is 3.01. The van der Waals surface area contributed by atoms with E-state index in [9.17, 15) is 4.79 Å². The number of amides is 1. The Balaban J connectivity index is 2.87. The van der Waals surface area contributed by atoms with Crippen LogP contribution in [0.25, 0.3) is 0 Å². The first-order valence-electron chi connectivity index (χ1n) is 7.11.